The van der Waals surface area contributed by atoms with E-state index in [0.717, 1.165) is 53.8 Å². The van der Waals surface area contributed by atoms with Gasteiger partial charge in [-0.3, -0.25) is 29.0 Å². The van der Waals surface area contributed by atoms with Gasteiger partial charge in [0.2, 0.25) is 0 Å². The van der Waals surface area contributed by atoms with Crippen LogP contribution in [0.2, 0.25) is 5.15 Å². The minimum absolute atomic E-state index is 0. The number of piperidine rings is 2. The van der Waals surface area contributed by atoms with Crippen LogP contribution in [0.15, 0.2) is 58.1 Å². The molecule has 390 valence electrons. The number of esters is 1. The number of carboxylic acid groups (broad SMARTS) is 1. The third kappa shape index (κ3) is 12.6. The van der Waals surface area contributed by atoms with Crippen molar-refractivity contribution >= 4 is 58.0 Å². The van der Waals surface area contributed by atoms with E-state index in [1.807, 2.05) is 57.7 Å². The van der Waals surface area contributed by atoms with E-state index < -0.39 is 22.9 Å². The van der Waals surface area contributed by atoms with E-state index in [9.17, 15) is 24.3 Å². The van der Waals surface area contributed by atoms with E-state index in [-0.39, 0.29) is 47.2 Å². The van der Waals surface area contributed by atoms with Crippen molar-refractivity contribution in [3.05, 3.63) is 80.1 Å². The molecule has 2 saturated carbocycles. The van der Waals surface area contributed by atoms with Gasteiger partial charge in [-0.15, -0.1) is 12.4 Å². The molecule has 0 spiro atoms. The number of halogens is 2. The molecule has 0 radical (unpaired) electrons. The molecule has 15 heteroatoms. The minimum atomic E-state index is -1.03. The summed E-state index contributed by atoms with van der Waals surface area (Å²) in [5.74, 6) is -1.29. The Morgan fingerprint density at radius 3 is 1.37 bits per heavy atom. The maximum Gasteiger partial charge on any atom is 0.325 e. The van der Waals surface area contributed by atoms with Crippen molar-refractivity contribution in [2.75, 3.05) is 7.11 Å². The number of fused-ring (bicyclic) bond motifs is 6. The van der Waals surface area contributed by atoms with E-state index in [2.05, 4.69) is 24.5 Å². The predicted molar refractivity (Wildman–Crippen MR) is 286 cm³/mol. The zero-order valence-electron chi connectivity index (χ0n) is 43.0. The predicted octanol–water partition coefficient (Wildman–Crippen LogP) is 11.0. The first-order chi connectivity index (χ1) is 33.5. The van der Waals surface area contributed by atoms with Crippen LogP contribution in [0.4, 0.5) is 0 Å². The third-order valence-electron chi connectivity index (χ3n) is 16.8. The van der Waals surface area contributed by atoms with Gasteiger partial charge in [0.15, 0.2) is 5.15 Å². The SMILES string of the molecule is CC(C)(Cc1nc2ccccc2n(C2C[C@H]3CC[C@@H](C2)N3C2CCCCCCC2)c1=O)C(=O)O.COC(=O)C(C)(C)N.Cl.O=c1c(Cl)nc2ccccc2n1C1C[C@H]2CC[C@@H](C1)N2C1CCCCCCC1. The fraction of sp³-hybridized carbons (Fsp3) is 0.679. The number of nitrogens with two attached hydrogens (primary N) is 1. The first kappa shape index (κ1) is 54.9. The molecule has 4 aliphatic heterocycles. The number of carbonyl (C=O) groups excluding carboxylic acids is 1. The molecule has 6 aliphatic rings. The van der Waals surface area contributed by atoms with Crippen molar-refractivity contribution in [1.82, 2.24) is 28.9 Å². The van der Waals surface area contributed by atoms with Crippen LogP contribution in [-0.4, -0.2) is 94.8 Å². The lowest BCUT2D eigenvalue weighted by molar-refractivity contribution is -0.147. The Hall–Kier alpha value is -3.88. The molecule has 4 saturated heterocycles. The topological polar surface area (TPSA) is 166 Å². The zero-order valence-corrected chi connectivity index (χ0v) is 44.6. The third-order valence-corrected chi connectivity index (χ3v) is 17.0. The van der Waals surface area contributed by atoms with Crippen molar-refractivity contribution in [3.8, 4) is 0 Å². The van der Waals surface area contributed by atoms with E-state index >= 15 is 0 Å². The van der Waals surface area contributed by atoms with Crippen LogP contribution in [0.5, 0.6) is 0 Å². The Balaban J connectivity index is 0.000000181. The summed E-state index contributed by atoms with van der Waals surface area (Å²) in [6, 6.07) is 20.0. The van der Waals surface area contributed by atoms with Gasteiger partial charge in [0, 0.05) is 54.8 Å². The summed E-state index contributed by atoms with van der Waals surface area (Å²) in [5, 5.41) is 9.76. The molecule has 0 amide bonds. The summed E-state index contributed by atoms with van der Waals surface area (Å²) in [5.41, 5.74) is 7.00. The number of nitrogens with zero attached hydrogens (tertiary/aromatic N) is 6. The smallest absolute Gasteiger partial charge is 0.325 e. The van der Waals surface area contributed by atoms with Gasteiger partial charge < -0.3 is 24.7 Å². The van der Waals surface area contributed by atoms with E-state index in [4.69, 9.17) is 17.3 Å². The Bertz CT molecular complexity index is 2530. The molecule has 6 fully saturated rings. The van der Waals surface area contributed by atoms with Crippen molar-refractivity contribution in [2.24, 2.45) is 11.1 Å². The van der Waals surface area contributed by atoms with Gasteiger partial charge in [0.25, 0.3) is 11.1 Å². The van der Waals surface area contributed by atoms with Crippen molar-refractivity contribution in [3.63, 3.8) is 0 Å². The average molecular weight is 1020 g/mol. The van der Waals surface area contributed by atoms with Crippen molar-refractivity contribution in [1.29, 1.82) is 0 Å². The van der Waals surface area contributed by atoms with Gasteiger partial charge in [-0.2, -0.15) is 0 Å². The fourth-order valence-corrected chi connectivity index (χ4v) is 13.6. The molecule has 10 rings (SSSR count). The Morgan fingerprint density at radius 1 is 0.606 bits per heavy atom. The number of hydrogen-bond donors (Lipinski definition) is 2. The molecule has 4 aromatic rings. The van der Waals surface area contributed by atoms with Crippen LogP contribution >= 0.6 is 24.0 Å². The monoisotopic (exact) mass is 1020 g/mol. The molecule has 4 bridgehead atoms. The van der Waals surface area contributed by atoms with Gasteiger partial charge in [-0.1, -0.05) is 100 Å². The summed E-state index contributed by atoms with van der Waals surface area (Å²) in [6.07, 6.45) is 28.5. The summed E-state index contributed by atoms with van der Waals surface area (Å²) in [6.45, 7) is 6.53. The zero-order chi connectivity index (χ0) is 49.7. The molecular formula is C56H81Cl2N7O6. The first-order valence-electron chi connectivity index (χ1n) is 26.9. The van der Waals surface area contributed by atoms with Gasteiger partial charge >= 0.3 is 11.9 Å². The highest BCUT2D eigenvalue weighted by atomic mass is 35.5. The molecule has 13 nitrogen and oxygen atoms in total. The molecule has 2 aromatic carbocycles. The maximum atomic E-state index is 13.8. The summed E-state index contributed by atoms with van der Waals surface area (Å²) in [4.78, 5) is 63.7. The van der Waals surface area contributed by atoms with E-state index in [1.54, 1.807) is 27.7 Å². The molecule has 2 aliphatic carbocycles. The lowest BCUT2D eigenvalue weighted by Gasteiger charge is -2.45. The summed E-state index contributed by atoms with van der Waals surface area (Å²) < 4.78 is 8.30. The number of carboxylic acids is 1. The quantitative estimate of drug-likeness (QED) is 0.161. The first-order valence-corrected chi connectivity index (χ1v) is 27.3. The molecule has 2 aromatic heterocycles. The number of rotatable bonds is 8. The molecule has 6 atom stereocenters. The molecule has 71 heavy (non-hydrogen) atoms. The second kappa shape index (κ2) is 24.0. The number of carbonyl (C=O) groups is 2. The number of hydrogen-bond acceptors (Lipinski definition) is 10. The fourth-order valence-electron chi connectivity index (χ4n) is 13.4. The highest BCUT2D eigenvalue weighted by Crippen LogP contribution is 2.46. The highest BCUT2D eigenvalue weighted by Gasteiger charge is 2.46. The maximum absolute atomic E-state index is 13.8. The van der Waals surface area contributed by atoms with Crippen LogP contribution in [0.25, 0.3) is 22.1 Å². The van der Waals surface area contributed by atoms with Crippen LogP contribution < -0.4 is 16.9 Å². The van der Waals surface area contributed by atoms with Gasteiger partial charge in [0.05, 0.1) is 34.6 Å². The average Bonchev–Trinajstić information content (AvgIpc) is 3.71. The van der Waals surface area contributed by atoms with Crippen LogP contribution in [0.3, 0.4) is 0 Å². The van der Waals surface area contributed by atoms with Crippen LogP contribution in [0, 0.1) is 5.41 Å². The normalized spacial score (nSPS) is 25.8. The second-order valence-electron chi connectivity index (χ2n) is 22.8. The molecule has 6 heterocycles. The standard InChI is InChI=1S/C28H39N3O3.C23H30ClN3O.C5H11NO2.ClH/c1-28(2,27(33)34)18-24-26(32)31(25-13-9-8-12-23(25)29-24)22-16-20-14-15-21(17-22)30(20)19-10-6-4-3-5-7-11-19;24-22-23(28)27(21-11-7-6-10-20(21)25-22)19-14-17-12-13-18(15-19)26(17)16-8-4-2-1-3-5-9-16;1-5(2,6)4(7)8-3;/h8-9,12-13,19-22H,3-7,10-11,14-18H2,1-2H3,(H,33,34);6-7,10-11,16-19H,1-5,8-9,12-15H2;6H2,1-3H3;1H/t20-,21+,22?;17-,18+,19?;;. The number of benzene rings is 2. The number of aliphatic carboxylic acids is 1. The molecule has 2 unspecified atom stereocenters. The van der Waals surface area contributed by atoms with E-state index in [1.165, 1.54) is 123 Å². The second-order valence-corrected chi connectivity index (χ2v) is 23.1. The highest BCUT2D eigenvalue weighted by molar-refractivity contribution is 6.29. The van der Waals surface area contributed by atoms with E-state index in [0.29, 0.717) is 35.9 Å². The lowest BCUT2D eigenvalue weighted by Crippen LogP contribution is -2.50. The van der Waals surface area contributed by atoms with Gasteiger partial charge in [0.1, 0.15) is 11.2 Å². The summed E-state index contributed by atoms with van der Waals surface area (Å²) in [7, 11) is 1.32. The largest absolute Gasteiger partial charge is 0.481 e. The number of methoxy groups -OCH3 is 1. The Morgan fingerprint density at radius 2 is 0.986 bits per heavy atom. The summed E-state index contributed by atoms with van der Waals surface area (Å²) >= 11 is 6.23. The number of aromatic nitrogens is 4. The van der Waals surface area contributed by atoms with Gasteiger partial charge in [-0.25, -0.2) is 9.97 Å². The number of ether oxygens (including phenoxy) is 1. The van der Waals surface area contributed by atoms with Crippen LogP contribution in [-0.2, 0) is 20.7 Å². The van der Waals surface area contributed by atoms with Gasteiger partial charge in [-0.05, 0) is 129 Å². The van der Waals surface area contributed by atoms with Crippen LogP contribution in [0.1, 0.15) is 187 Å². The number of para-hydroxylation sites is 4. The van der Waals surface area contributed by atoms with Crippen molar-refractivity contribution in [2.45, 2.75) is 229 Å². The molecule has 3 N–H and O–H groups in total. The Labute approximate surface area is 432 Å². The minimum Gasteiger partial charge on any atom is -0.481 e. The molecular weight excluding hydrogens is 938 g/mol. The lowest BCUT2D eigenvalue weighted by atomic mass is 9.87. The van der Waals surface area contributed by atoms with Crippen molar-refractivity contribution < 1.29 is 19.4 Å². The Kier molecular flexibility index (Phi) is 18.5.